The molecule has 23 heteroatoms. The summed E-state index contributed by atoms with van der Waals surface area (Å²) in [4.78, 5) is 110. The molecule has 1 aromatic rings. The summed E-state index contributed by atoms with van der Waals surface area (Å²) in [6, 6.07) is -1.84. The Labute approximate surface area is 263 Å². The summed E-state index contributed by atoms with van der Waals surface area (Å²) in [5, 5.41) is 9.13. The van der Waals surface area contributed by atoms with Crippen molar-refractivity contribution in [3.63, 3.8) is 0 Å². The van der Waals surface area contributed by atoms with Crippen LogP contribution in [0.3, 0.4) is 0 Å². The Morgan fingerprint density at radius 3 is 0.978 bits per heavy atom. The second-order valence-electron chi connectivity index (χ2n) is 8.20. The average molecular weight is 666 g/mol. The van der Waals surface area contributed by atoms with E-state index >= 15 is 0 Å². The van der Waals surface area contributed by atoms with E-state index in [1.54, 1.807) is 0 Å². The van der Waals surface area contributed by atoms with E-state index in [-0.39, 0.29) is 12.1 Å². The van der Waals surface area contributed by atoms with Crippen molar-refractivity contribution in [2.45, 2.75) is 0 Å². The van der Waals surface area contributed by atoms with E-state index in [9.17, 15) is 47.9 Å². The number of ether oxygens (including phenoxy) is 2. The van der Waals surface area contributed by atoms with Gasteiger partial charge in [0.1, 0.15) is 0 Å². The number of nitrogens with zero attached hydrogens (tertiary/aromatic N) is 7. The lowest BCUT2D eigenvalue weighted by molar-refractivity contribution is 0.125. The van der Waals surface area contributed by atoms with Crippen molar-refractivity contribution in [3.8, 4) is 0 Å². The van der Waals surface area contributed by atoms with Crippen LogP contribution in [0.4, 0.5) is 33.6 Å². The highest BCUT2D eigenvalue weighted by Gasteiger charge is 2.36. The number of hydrogen-bond acceptors (Lipinski definition) is 12. The van der Waals surface area contributed by atoms with Gasteiger partial charge in [0.05, 0.1) is 14.2 Å². The molecule has 0 bridgehead atoms. The number of methoxy groups -OCH3 is 2. The van der Waals surface area contributed by atoms with Gasteiger partial charge in [-0.1, -0.05) is 0 Å². The number of carbonyl (C=O) groups excluding carboxylic acids is 7. The quantitative estimate of drug-likeness (QED) is 0.224. The van der Waals surface area contributed by atoms with E-state index in [4.69, 9.17) is 0 Å². The average Bonchev–Trinajstić information content (AvgIpc) is 3.09. The minimum Gasteiger partial charge on any atom is -0.453 e. The van der Waals surface area contributed by atoms with Gasteiger partial charge in [-0.05, 0) is 0 Å². The van der Waals surface area contributed by atoms with E-state index in [1.165, 1.54) is 91.7 Å². The van der Waals surface area contributed by atoms with Gasteiger partial charge in [0.2, 0.25) is 0 Å². The SMILES string of the molecule is CN1C(=O)N(C)C1=O.CNC(=O)N(C)C(=O)NC.CNC(=O)N(C)C(=O)OC.CNC(=O)OC.Cn1c(=O)n(C)c(=O)n(C)c1=O. The van der Waals surface area contributed by atoms with Crippen LogP contribution in [-0.4, -0.2) is 146 Å². The topological polar surface area (TPSA) is 265 Å². The maximum atomic E-state index is 11.1. The van der Waals surface area contributed by atoms with Crippen molar-refractivity contribution in [2.75, 3.05) is 70.6 Å². The molecule has 2 heterocycles. The highest BCUT2D eigenvalue weighted by Crippen LogP contribution is 2.08. The third-order valence-electron chi connectivity index (χ3n) is 5.26. The minimum absolute atomic E-state index is 0.241. The molecule has 23 nitrogen and oxygen atoms in total. The molecule has 12 amide bonds. The van der Waals surface area contributed by atoms with Crippen molar-refractivity contribution in [3.05, 3.63) is 31.5 Å². The lowest BCUT2D eigenvalue weighted by Gasteiger charge is -2.32. The van der Waals surface area contributed by atoms with Gasteiger partial charge in [0, 0.05) is 77.5 Å². The number of alkyl carbamates (subject to hydrolysis) is 1. The molecular weight excluding hydrogens is 622 g/mol. The summed E-state index contributed by atoms with van der Waals surface area (Å²) in [6.07, 6.45) is -1.09. The summed E-state index contributed by atoms with van der Waals surface area (Å²) in [7, 11) is 18.0. The second-order valence-corrected chi connectivity index (χ2v) is 8.20. The second kappa shape index (κ2) is 21.7. The first-order valence-electron chi connectivity index (χ1n) is 12.5. The number of hydrogen-bond donors (Lipinski definition) is 4. The van der Waals surface area contributed by atoms with Crippen LogP contribution in [-0.2, 0) is 30.6 Å². The third-order valence-corrected chi connectivity index (χ3v) is 5.26. The number of rotatable bonds is 0. The van der Waals surface area contributed by atoms with Gasteiger partial charge in [0.15, 0.2) is 0 Å². The summed E-state index contributed by atoms with van der Waals surface area (Å²) in [5.41, 5.74) is -1.82. The van der Waals surface area contributed by atoms with E-state index in [0.29, 0.717) is 0 Å². The normalized spacial score (nSPS) is 10.5. The largest absolute Gasteiger partial charge is 0.453 e. The smallest absolute Gasteiger partial charge is 0.417 e. The van der Waals surface area contributed by atoms with Crippen LogP contribution in [0.25, 0.3) is 0 Å². The Kier molecular flexibility index (Phi) is 21.0. The molecule has 4 N–H and O–H groups in total. The first-order chi connectivity index (χ1) is 21.2. The standard InChI is InChI=1S/C6H9N3O3.C5H11N3O2.C5H10N2O3.C4H6N2O2.C3H7NO2/c1-7-4(10)8(2)6(12)9(3)5(7)11;1-6-4(9)8(3)5(10)7-2;1-6-4(8)7(2)5(9)10-3;1-5-3(7)6(2)4(5)8;1-4-3(5)6-2/h1-3H3;1-3H3,(H,6,9)(H,7,10);1-3H3,(H,6,8);1-2H3;1-2H3,(H,4,5). The van der Waals surface area contributed by atoms with E-state index in [0.717, 1.165) is 33.3 Å². The summed E-state index contributed by atoms with van der Waals surface area (Å²) >= 11 is 0. The monoisotopic (exact) mass is 665 g/mol. The van der Waals surface area contributed by atoms with Gasteiger partial charge in [-0.25, -0.2) is 81.2 Å². The highest BCUT2D eigenvalue weighted by atomic mass is 16.5. The molecule has 1 fully saturated rings. The molecule has 1 saturated heterocycles. The zero-order valence-electron chi connectivity index (χ0n) is 28.0. The molecule has 0 saturated carbocycles. The minimum atomic E-state index is -0.681. The van der Waals surface area contributed by atoms with Gasteiger partial charge in [0.25, 0.3) is 0 Å². The molecule has 0 unspecified atom stereocenters. The Bertz CT molecular complexity index is 1210. The van der Waals surface area contributed by atoms with E-state index in [1.807, 2.05) is 0 Å². The molecule has 0 aromatic carbocycles. The zero-order valence-corrected chi connectivity index (χ0v) is 28.0. The number of urea groups is 5. The first-order valence-corrected chi connectivity index (χ1v) is 12.5. The number of aromatic nitrogens is 3. The highest BCUT2D eigenvalue weighted by molar-refractivity contribution is 6.11. The number of amides is 12. The number of carbonyl (C=O) groups is 7. The number of imide groups is 4. The van der Waals surface area contributed by atoms with Crippen LogP contribution < -0.4 is 38.3 Å². The van der Waals surface area contributed by atoms with Gasteiger partial charge in [-0.2, -0.15) is 0 Å². The van der Waals surface area contributed by atoms with Gasteiger partial charge >= 0.3 is 59.4 Å². The van der Waals surface area contributed by atoms with Gasteiger partial charge in [-0.3, -0.25) is 0 Å². The Morgan fingerprint density at radius 2 is 0.804 bits per heavy atom. The van der Waals surface area contributed by atoms with Crippen LogP contribution in [0.15, 0.2) is 14.4 Å². The summed E-state index contributed by atoms with van der Waals surface area (Å²) < 4.78 is 11.0. The predicted molar refractivity (Wildman–Crippen MR) is 161 cm³/mol. The molecular formula is C23H43N11O12. The van der Waals surface area contributed by atoms with Crippen molar-refractivity contribution in [1.82, 2.24) is 54.6 Å². The van der Waals surface area contributed by atoms with E-state index in [2.05, 4.69) is 30.7 Å². The molecule has 0 spiro atoms. The fourth-order valence-corrected chi connectivity index (χ4v) is 2.41. The Morgan fingerprint density at radius 1 is 0.522 bits per heavy atom. The van der Waals surface area contributed by atoms with Crippen molar-refractivity contribution < 1.29 is 43.0 Å². The molecule has 1 aliphatic rings. The maximum absolute atomic E-state index is 11.1. The van der Waals surface area contributed by atoms with Crippen LogP contribution in [0, 0.1) is 0 Å². The van der Waals surface area contributed by atoms with Crippen LogP contribution in [0.5, 0.6) is 0 Å². The maximum Gasteiger partial charge on any atom is 0.417 e. The third kappa shape index (κ3) is 13.6. The first kappa shape index (κ1) is 44.5. The Hall–Kier alpha value is -5.90. The molecule has 0 aliphatic carbocycles. The van der Waals surface area contributed by atoms with Crippen LogP contribution in [0.1, 0.15) is 0 Å². The van der Waals surface area contributed by atoms with E-state index < -0.39 is 47.3 Å². The van der Waals surface area contributed by atoms with Crippen molar-refractivity contribution in [2.24, 2.45) is 21.1 Å². The summed E-state index contributed by atoms with van der Waals surface area (Å²) in [6.45, 7) is 0. The predicted octanol–water partition coefficient (Wildman–Crippen LogP) is -2.52. The number of nitrogens with one attached hydrogen (secondary N) is 4. The molecule has 0 radical (unpaired) electrons. The Balaban J connectivity index is -0.000000511. The lowest BCUT2D eigenvalue weighted by atomic mass is 10.5. The van der Waals surface area contributed by atoms with Gasteiger partial charge in [-0.15, -0.1) is 0 Å². The zero-order chi connectivity index (χ0) is 37.1. The molecule has 46 heavy (non-hydrogen) atoms. The fraction of sp³-hybridized carbons (Fsp3) is 0.565. The molecule has 262 valence electrons. The van der Waals surface area contributed by atoms with Crippen LogP contribution >= 0.6 is 0 Å². The van der Waals surface area contributed by atoms with Crippen molar-refractivity contribution in [1.29, 1.82) is 0 Å². The van der Waals surface area contributed by atoms with Crippen molar-refractivity contribution >= 4 is 42.3 Å². The van der Waals surface area contributed by atoms with Gasteiger partial charge < -0.3 is 30.7 Å². The molecule has 1 aromatic heterocycles. The summed E-state index contributed by atoms with van der Waals surface area (Å²) in [5.74, 6) is 0. The lowest BCUT2D eigenvalue weighted by Crippen LogP contribution is -2.59. The molecule has 0 atom stereocenters. The fourth-order valence-electron chi connectivity index (χ4n) is 2.41. The molecule has 2 rings (SSSR count). The van der Waals surface area contributed by atoms with Crippen LogP contribution in [0.2, 0.25) is 0 Å². The molecule has 1 aliphatic heterocycles.